The van der Waals surface area contributed by atoms with Crippen LogP contribution in [-0.2, 0) is 16.1 Å². The van der Waals surface area contributed by atoms with E-state index in [2.05, 4.69) is 15.5 Å². The van der Waals surface area contributed by atoms with Gasteiger partial charge in [0.05, 0.1) is 12.4 Å². The molecule has 0 fully saturated rings. The molecule has 0 aliphatic carbocycles. The maximum Gasteiger partial charge on any atom is 0.234 e. The number of hydrogen-bond acceptors (Lipinski definition) is 6. The summed E-state index contributed by atoms with van der Waals surface area (Å²) in [5.41, 5.74) is 1.17. The van der Waals surface area contributed by atoms with Crippen molar-refractivity contribution in [3.05, 3.63) is 35.7 Å². The average Bonchev–Trinajstić information content (AvgIpc) is 2.91. The molecule has 2 rings (SSSR count). The van der Waals surface area contributed by atoms with Crippen LogP contribution < -0.4 is 5.32 Å². The lowest BCUT2D eigenvalue weighted by Gasteiger charge is -2.08. The number of aryl methyl sites for hydroxylation is 1. The molecule has 0 aliphatic heterocycles. The van der Waals surface area contributed by atoms with Crippen molar-refractivity contribution >= 4 is 29.1 Å². The lowest BCUT2D eigenvalue weighted by molar-refractivity contribution is -0.113. The first-order valence-electron chi connectivity index (χ1n) is 7.43. The Kier molecular flexibility index (Phi) is 6.51. The molecule has 0 aliphatic rings. The van der Waals surface area contributed by atoms with Crippen molar-refractivity contribution in [3.8, 4) is 0 Å². The largest absolute Gasteiger partial charge is 0.383 e. The van der Waals surface area contributed by atoms with Crippen molar-refractivity contribution in [3.63, 3.8) is 0 Å². The van der Waals surface area contributed by atoms with Gasteiger partial charge in [0, 0.05) is 24.9 Å². The van der Waals surface area contributed by atoms with Gasteiger partial charge in [0.25, 0.3) is 0 Å². The molecule has 1 N–H and O–H groups in total. The topological polar surface area (TPSA) is 86.1 Å². The Bertz CT molecular complexity index is 730. The minimum atomic E-state index is -0.167. The maximum atomic E-state index is 12.1. The molecule has 1 aromatic carbocycles. The molecular weight excluding hydrogens is 328 g/mol. The van der Waals surface area contributed by atoms with Crippen LogP contribution in [0.25, 0.3) is 0 Å². The summed E-state index contributed by atoms with van der Waals surface area (Å²) >= 11 is 1.31. The van der Waals surface area contributed by atoms with Crippen molar-refractivity contribution in [2.75, 3.05) is 24.8 Å². The van der Waals surface area contributed by atoms with Gasteiger partial charge in [0.2, 0.25) is 5.91 Å². The van der Waals surface area contributed by atoms with Crippen LogP contribution in [-0.4, -0.2) is 45.9 Å². The summed E-state index contributed by atoms with van der Waals surface area (Å²) in [6.45, 7) is 4.54. The van der Waals surface area contributed by atoms with E-state index < -0.39 is 0 Å². The Hall–Kier alpha value is -2.19. The highest BCUT2D eigenvalue weighted by Crippen LogP contribution is 2.18. The minimum absolute atomic E-state index is 0.0396. The zero-order valence-corrected chi connectivity index (χ0v) is 14.7. The van der Waals surface area contributed by atoms with Gasteiger partial charge < -0.3 is 14.6 Å². The summed E-state index contributed by atoms with van der Waals surface area (Å²) in [5, 5.41) is 11.6. The second-order valence-electron chi connectivity index (χ2n) is 5.15. The van der Waals surface area contributed by atoms with E-state index in [1.54, 1.807) is 31.4 Å². The quantitative estimate of drug-likeness (QED) is 0.581. The van der Waals surface area contributed by atoms with Crippen molar-refractivity contribution < 1.29 is 14.3 Å². The SMILES string of the molecule is COCCn1c(C)nnc1SCC(=O)Nc1cccc(C(C)=O)c1. The first-order valence-corrected chi connectivity index (χ1v) is 8.42. The molecule has 7 nitrogen and oxygen atoms in total. The predicted molar refractivity (Wildman–Crippen MR) is 92.4 cm³/mol. The molecule has 24 heavy (non-hydrogen) atoms. The van der Waals surface area contributed by atoms with Gasteiger partial charge in [-0.25, -0.2) is 0 Å². The summed E-state index contributed by atoms with van der Waals surface area (Å²) in [4.78, 5) is 23.5. The van der Waals surface area contributed by atoms with Gasteiger partial charge in [0.1, 0.15) is 5.82 Å². The fourth-order valence-electron chi connectivity index (χ4n) is 2.05. The second-order valence-corrected chi connectivity index (χ2v) is 6.09. The van der Waals surface area contributed by atoms with Crippen LogP contribution in [0.5, 0.6) is 0 Å². The molecule has 8 heteroatoms. The van der Waals surface area contributed by atoms with Gasteiger partial charge in [-0.2, -0.15) is 0 Å². The molecule has 0 unspecified atom stereocenters. The van der Waals surface area contributed by atoms with Crippen LogP contribution >= 0.6 is 11.8 Å². The molecule has 0 saturated carbocycles. The van der Waals surface area contributed by atoms with Gasteiger partial charge in [0.15, 0.2) is 10.9 Å². The number of hydrogen-bond donors (Lipinski definition) is 1. The summed E-state index contributed by atoms with van der Waals surface area (Å²) in [6, 6.07) is 6.87. The fourth-order valence-corrected chi connectivity index (χ4v) is 2.86. The predicted octanol–water partition coefficient (Wildman–Crippen LogP) is 2.17. The number of ether oxygens (including phenoxy) is 1. The molecule has 0 saturated heterocycles. The number of benzene rings is 1. The number of carbonyl (C=O) groups is 2. The monoisotopic (exact) mass is 348 g/mol. The summed E-state index contributed by atoms with van der Waals surface area (Å²) < 4.78 is 6.98. The number of carbonyl (C=O) groups excluding carboxylic acids is 2. The number of thioether (sulfide) groups is 1. The molecule has 0 radical (unpaired) electrons. The second kappa shape index (κ2) is 8.60. The van der Waals surface area contributed by atoms with E-state index in [0.717, 1.165) is 5.82 Å². The first kappa shape index (κ1) is 18.2. The number of anilines is 1. The maximum absolute atomic E-state index is 12.1. The standard InChI is InChI=1S/C16H20N4O3S/c1-11(21)13-5-4-6-14(9-13)17-15(22)10-24-16-19-18-12(2)20(16)7-8-23-3/h4-6,9H,7-8,10H2,1-3H3,(H,17,22). The van der Waals surface area contributed by atoms with Crippen LogP contribution in [0.15, 0.2) is 29.4 Å². The lowest BCUT2D eigenvalue weighted by atomic mass is 10.1. The van der Waals surface area contributed by atoms with Crippen LogP contribution in [0.4, 0.5) is 5.69 Å². The number of amides is 1. The normalized spacial score (nSPS) is 10.6. The molecule has 1 aromatic heterocycles. The van der Waals surface area contributed by atoms with Gasteiger partial charge in [-0.05, 0) is 26.0 Å². The number of methoxy groups -OCH3 is 1. The third-order valence-electron chi connectivity index (χ3n) is 3.31. The highest BCUT2D eigenvalue weighted by atomic mass is 32.2. The molecule has 0 atom stereocenters. The number of ketones is 1. The third kappa shape index (κ3) is 4.90. The van der Waals surface area contributed by atoms with Crippen molar-refractivity contribution in [1.82, 2.24) is 14.8 Å². The molecular formula is C16H20N4O3S. The minimum Gasteiger partial charge on any atom is -0.383 e. The van der Waals surface area contributed by atoms with Crippen molar-refractivity contribution in [1.29, 1.82) is 0 Å². The summed E-state index contributed by atoms with van der Waals surface area (Å²) in [6.07, 6.45) is 0. The van der Waals surface area contributed by atoms with Crippen LogP contribution in [0.2, 0.25) is 0 Å². The van der Waals surface area contributed by atoms with Crippen LogP contribution in [0, 0.1) is 6.92 Å². The average molecular weight is 348 g/mol. The smallest absolute Gasteiger partial charge is 0.234 e. The number of nitrogens with one attached hydrogen (secondary N) is 1. The molecule has 128 valence electrons. The van der Waals surface area contributed by atoms with E-state index in [-0.39, 0.29) is 17.4 Å². The number of rotatable bonds is 8. The van der Waals surface area contributed by atoms with E-state index in [4.69, 9.17) is 4.74 Å². The van der Waals surface area contributed by atoms with E-state index in [0.29, 0.717) is 29.6 Å². The van der Waals surface area contributed by atoms with Gasteiger partial charge in [-0.3, -0.25) is 9.59 Å². The van der Waals surface area contributed by atoms with Crippen molar-refractivity contribution in [2.45, 2.75) is 25.5 Å². The van der Waals surface area contributed by atoms with E-state index >= 15 is 0 Å². The zero-order chi connectivity index (χ0) is 17.5. The Labute approximate surface area is 144 Å². The highest BCUT2D eigenvalue weighted by Gasteiger charge is 2.12. The number of aromatic nitrogens is 3. The first-order chi connectivity index (χ1) is 11.5. The van der Waals surface area contributed by atoms with Gasteiger partial charge in [-0.15, -0.1) is 10.2 Å². The van der Waals surface area contributed by atoms with Crippen LogP contribution in [0.1, 0.15) is 23.1 Å². The van der Waals surface area contributed by atoms with Crippen LogP contribution in [0.3, 0.4) is 0 Å². The number of Topliss-reactive ketones (excluding diaryl/α,β-unsaturated/α-hetero) is 1. The highest BCUT2D eigenvalue weighted by molar-refractivity contribution is 7.99. The Morgan fingerprint density at radius 1 is 1.33 bits per heavy atom. The molecule has 2 aromatic rings. The van der Waals surface area contributed by atoms with E-state index in [1.165, 1.54) is 18.7 Å². The number of nitrogens with zero attached hydrogens (tertiary/aromatic N) is 3. The molecule has 1 heterocycles. The van der Waals surface area contributed by atoms with Gasteiger partial charge >= 0.3 is 0 Å². The molecule has 0 spiro atoms. The Balaban J connectivity index is 1.94. The molecule has 1 amide bonds. The molecule has 0 bridgehead atoms. The fraction of sp³-hybridized carbons (Fsp3) is 0.375. The summed E-state index contributed by atoms with van der Waals surface area (Å²) in [5.74, 6) is 0.779. The third-order valence-corrected chi connectivity index (χ3v) is 4.27. The lowest BCUT2D eigenvalue weighted by Crippen LogP contribution is -2.15. The van der Waals surface area contributed by atoms with Gasteiger partial charge in [-0.1, -0.05) is 23.9 Å². The van der Waals surface area contributed by atoms with Crippen molar-refractivity contribution in [2.24, 2.45) is 0 Å². The zero-order valence-electron chi connectivity index (χ0n) is 13.9. The summed E-state index contributed by atoms with van der Waals surface area (Å²) in [7, 11) is 1.63. The Morgan fingerprint density at radius 3 is 2.83 bits per heavy atom. The van der Waals surface area contributed by atoms with E-state index in [1.807, 2.05) is 11.5 Å². The Morgan fingerprint density at radius 2 is 2.12 bits per heavy atom. The van der Waals surface area contributed by atoms with E-state index in [9.17, 15) is 9.59 Å².